The molecular weight excluding hydrogens is 276 g/mol. The first kappa shape index (κ1) is 16.0. The third-order valence-electron chi connectivity index (χ3n) is 3.96. The first-order chi connectivity index (χ1) is 10.1. The van der Waals surface area contributed by atoms with Crippen molar-refractivity contribution >= 4 is 12.0 Å². The van der Waals surface area contributed by atoms with Gasteiger partial charge in [-0.05, 0) is 13.0 Å². The quantitative estimate of drug-likeness (QED) is 0.461. The number of carboxylic acid groups (broad SMARTS) is 1. The van der Waals surface area contributed by atoms with Gasteiger partial charge in [-0.1, -0.05) is 0 Å². The lowest BCUT2D eigenvalue weighted by Gasteiger charge is -2.27. The molecule has 2 atom stereocenters. The van der Waals surface area contributed by atoms with Gasteiger partial charge < -0.3 is 30.6 Å². The number of hydrogen-bond acceptors (Lipinski definition) is 5. The monoisotopic (exact) mass is 300 g/mol. The Morgan fingerprint density at radius 3 is 2.67 bits per heavy atom. The van der Waals surface area contributed by atoms with E-state index in [4.69, 9.17) is 5.11 Å². The summed E-state index contributed by atoms with van der Waals surface area (Å²) >= 11 is 0. The minimum absolute atomic E-state index is 0.0839. The van der Waals surface area contributed by atoms with Gasteiger partial charge in [-0.15, -0.1) is 0 Å². The fourth-order valence-corrected chi connectivity index (χ4v) is 2.81. The fourth-order valence-electron chi connectivity index (χ4n) is 2.81. The number of amides is 2. The summed E-state index contributed by atoms with van der Waals surface area (Å²) in [7, 11) is 0. The molecule has 2 amide bonds. The van der Waals surface area contributed by atoms with Crippen LogP contribution in [0, 0.1) is 0 Å². The van der Waals surface area contributed by atoms with E-state index in [2.05, 4.69) is 15.5 Å². The first-order valence-corrected chi connectivity index (χ1v) is 7.46. The van der Waals surface area contributed by atoms with Gasteiger partial charge >= 0.3 is 12.0 Å². The van der Waals surface area contributed by atoms with Crippen molar-refractivity contribution < 1.29 is 19.8 Å². The van der Waals surface area contributed by atoms with Crippen LogP contribution in [0.4, 0.5) is 4.79 Å². The predicted molar refractivity (Wildman–Crippen MR) is 76.1 cm³/mol. The number of β-amino-alcohol motifs (C(OH)–C–C–N with tert-alkyl or cyclic N) is 1. The smallest absolute Gasteiger partial charge is 0.326 e. The number of carbonyl (C=O) groups is 2. The molecule has 0 spiro atoms. The lowest BCUT2D eigenvalue weighted by Crippen LogP contribution is -2.47. The van der Waals surface area contributed by atoms with Crippen LogP contribution in [-0.4, -0.2) is 90.0 Å². The number of carbonyl (C=O) groups excluding carboxylic acids is 1. The highest BCUT2D eigenvalue weighted by Gasteiger charge is 2.38. The molecule has 2 unspecified atom stereocenters. The molecule has 0 radical (unpaired) electrons. The molecule has 0 saturated carbocycles. The van der Waals surface area contributed by atoms with Gasteiger partial charge in [0.05, 0.1) is 6.10 Å². The molecule has 8 heteroatoms. The van der Waals surface area contributed by atoms with Gasteiger partial charge in [-0.2, -0.15) is 0 Å². The number of carboxylic acids is 1. The molecule has 0 aliphatic carbocycles. The van der Waals surface area contributed by atoms with Gasteiger partial charge in [0.2, 0.25) is 0 Å². The SMILES string of the molecule is O=C(O)C1CC(O)CN1C(=O)NCCCN1CCNCC1. The van der Waals surface area contributed by atoms with Gasteiger partial charge in [0.25, 0.3) is 0 Å². The summed E-state index contributed by atoms with van der Waals surface area (Å²) in [4.78, 5) is 26.6. The Kier molecular flexibility index (Phi) is 5.77. The molecule has 8 nitrogen and oxygen atoms in total. The maximum absolute atomic E-state index is 12.0. The van der Waals surface area contributed by atoms with Crippen LogP contribution < -0.4 is 10.6 Å². The van der Waals surface area contributed by atoms with Gasteiger partial charge in [0, 0.05) is 45.7 Å². The topological polar surface area (TPSA) is 105 Å². The van der Waals surface area contributed by atoms with Crippen LogP contribution in [0.25, 0.3) is 0 Å². The van der Waals surface area contributed by atoms with Gasteiger partial charge in [-0.25, -0.2) is 9.59 Å². The number of aliphatic hydroxyl groups is 1. The summed E-state index contributed by atoms with van der Waals surface area (Å²) in [5.41, 5.74) is 0. The highest BCUT2D eigenvalue weighted by molar-refractivity contribution is 5.83. The third-order valence-corrected chi connectivity index (χ3v) is 3.96. The summed E-state index contributed by atoms with van der Waals surface area (Å²) in [6, 6.07) is -1.33. The molecule has 2 fully saturated rings. The van der Waals surface area contributed by atoms with Gasteiger partial charge in [0.15, 0.2) is 0 Å². The molecule has 2 aliphatic rings. The number of nitrogens with zero attached hydrogens (tertiary/aromatic N) is 2. The number of aliphatic hydroxyl groups excluding tert-OH is 1. The maximum Gasteiger partial charge on any atom is 0.326 e. The van der Waals surface area contributed by atoms with Crippen LogP contribution in [0.1, 0.15) is 12.8 Å². The normalized spacial score (nSPS) is 26.8. The first-order valence-electron chi connectivity index (χ1n) is 7.46. The van der Waals surface area contributed by atoms with E-state index in [9.17, 15) is 14.7 Å². The zero-order valence-corrected chi connectivity index (χ0v) is 12.1. The molecule has 0 aromatic rings. The van der Waals surface area contributed by atoms with E-state index in [1.807, 2.05) is 0 Å². The molecule has 2 saturated heterocycles. The van der Waals surface area contributed by atoms with Crippen LogP contribution >= 0.6 is 0 Å². The zero-order valence-electron chi connectivity index (χ0n) is 12.1. The van der Waals surface area contributed by atoms with E-state index < -0.39 is 24.1 Å². The molecule has 2 aliphatic heterocycles. The maximum atomic E-state index is 12.0. The second-order valence-electron chi connectivity index (χ2n) is 5.57. The van der Waals surface area contributed by atoms with Crippen LogP contribution in [-0.2, 0) is 4.79 Å². The largest absolute Gasteiger partial charge is 0.480 e. The van der Waals surface area contributed by atoms with Crippen molar-refractivity contribution in [1.29, 1.82) is 0 Å². The summed E-state index contributed by atoms with van der Waals surface area (Å²) in [6.07, 6.45) is 0.182. The summed E-state index contributed by atoms with van der Waals surface area (Å²) in [5, 5.41) is 24.6. The lowest BCUT2D eigenvalue weighted by atomic mass is 10.2. The van der Waals surface area contributed by atoms with Gasteiger partial charge in [0.1, 0.15) is 6.04 Å². The molecular formula is C13H24N4O4. The number of rotatable bonds is 5. The lowest BCUT2D eigenvalue weighted by molar-refractivity contribution is -0.141. The van der Waals surface area contributed by atoms with E-state index in [1.165, 1.54) is 4.90 Å². The molecule has 2 rings (SSSR count). The van der Waals surface area contributed by atoms with Crippen molar-refractivity contribution in [3.05, 3.63) is 0 Å². The molecule has 21 heavy (non-hydrogen) atoms. The molecule has 120 valence electrons. The Hall–Kier alpha value is -1.38. The Labute approximate surface area is 124 Å². The van der Waals surface area contributed by atoms with Crippen LogP contribution in [0.3, 0.4) is 0 Å². The standard InChI is InChI=1S/C13H24N4O4/c18-10-8-11(12(19)20)17(9-10)13(21)15-2-1-5-16-6-3-14-4-7-16/h10-11,14,18H,1-9H2,(H,15,21)(H,19,20). The highest BCUT2D eigenvalue weighted by Crippen LogP contribution is 2.17. The molecule has 0 bridgehead atoms. The number of likely N-dealkylation sites (tertiary alicyclic amines) is 1. The Morgan fingerprint density at radius 2 is 2.00 bits per heavy atom. The van der Waals surface area contributed by atoms with Crippen molar-refractivity contribution in [3.63, 3.8) is 0 Å². The Morgan fingerprint density at radius 1 is 1.29 bits per heavy atom. The summed E-state index contributed by atoms with van der Waals surface area (Å²) < 4.78 is 0. The minimum atomic E-state index is -1.07. The Balaban J connectivity index is 1.67. The third kappa shape index (κ3) is 4.55. The highest BCUT2D eigenvalue weighted by atomic mass is 16.4. The van der Waals surface area contributed by atoms with Crippen LogP contribution in [0.2, 0.25) is 0 Å². The average molecular weight is 300 g/mol. The number of piperazine rings is 1. The Bertz CT molecular complexity index is 373. The van der Waals surface area contributed by atoms with E-state index in [1.54, 1.807) is 0 Å². The second-order valence-corrected chi connectivity index (χ2v) is 5.57. The van der Waals surface area contributed by atoms with Crippen LogP contribution in [0.5, 0.6) is 0 Å². The van der Waals surface area contributed by atoms with E-state index in [-0.39, 0.29) is 13.0 Å². The fraction of sp³-hybridized carbons (Fsp3) is 0.846. The van der Waals surface area contributed by atoms with Crippen molar-refractivity contribution in [3.8, 4) is 0 Å². The zero-order chi connectivity index (χ0) is 15.2. The second kappa shape index (κ2) is 7.58. The average Bonchev–Trinajstić information content (AvgIpc) is 2.87. The number of nitrogens with one attached hydrogen (secondary N) is 2. The van der Waals surface area contributed by atoms with E-state index in [0.717, 1.165) is 39.1 Å². The summed E-state index contributed by atoms with van der Waals surface area (Å²) in [6.45, 7) is 5.56. The number of urea groups is 1. The van der Waals surface area contributed by atoms with Crippen molar-refractivity contribution in [2.45, 2.75) is 25.0 Å². The van der Waals surface area contributed by atoms with Crippen LogP contribution in [0.15, 0.2) is 0 Å². The predicted octanol–water partition coefficient (Wildman–Crippen LogP) is -1.49. The minimum Gasteiger partial charge on any atom is -0.480 e. The van der Waals surface area contributed by atoms with Crippen molar-refractivity contribution in [1.82, 2.24) is 20.4 Å². The van der Waals surface area contributed by atoms with E-state index >= 15 is 0 Å². The molecule has 4 N–H and O–H groups in total. The molecule has 2 heterocycles. The summed E-state index contributed by atoms with van der Waals surface area (Å²) in [5.74, 6) is -1.07. The molecule has 0 aromatic heterocycles. The van der Waals surface area contributed by atoms with Crippen molar-refractivity contribution in [2.75, 3.05) is 45.8 Å². The number of hydrogen-bond donors (Lipinski definition) is 4. The number of aliphatic carboxylic acids is 1. The molecule has 0 aromatic carbocycles. The van der Waals surface area contributed by atoms with Gasteiger partial charge in [-0.3, -0.25) is 0 Å². The van der Waals surface area contributed by atoms with E-state index in [0.29, 0.717) is 6.54 Å². The van der Waals surface area contributed by atoms with Crippen molar-refractivity contribution in [2.24, 2.45) is 0 Å².